The van der Waals surface area contributed by atoms with Crippen LogP contribution in [0.5, 0.6) is 0 Å². The summed E-state index contributed by atoms with van der Waals surface area (Å²) in [7, 11) is 0. The normalized spacial score (nSPS) is 10.8. The van der Waals surface area contributed by atoms with E-state index in [4.69, 9.17) is 10.00 Å². The summed E-state index contributed by atoms with van der Waals surface area (Å²) in [6, 6.07) is 11.2. The fourth-order valence-electron chi connectivity index (χ4n) is 1.59. The molecule has 21 heavy (non-hydrogen) atoms. The van der Waals surface area contributed by atoms with Crippen LogP contribution in [0.3, 0.4) is 0 Å². The second-order valence-electron chi connectivity index (χ2n) is 3.91. The molecule has 0 atom stereocenters. The Kier molecular flexibility index (Phi) is 4.66. The largest absolute Gasteiger partial charge is 0.462 e. The van der Waals surface area contributed by atoms with E-state index in [0.29, 0.717) is 5.82 Å². The zero-order valence-corrected chi connectivity index (χ0v) is 11.4. The number of nitrogens with one attached hydrogen (secondary N) is 1. The topological polar surface area (TPSA) is 92.8 Å². The predicted molar refractivity (Wildman–Crippen MR) is 75.1 cm³/mol. The zero-order chi connectivity index (χ0) is 15.1. The van der Waals surface area contributed by atoms with Gasteiger partial charge in [-0.05, 0) is 6.92 Å². The van der Waals surface area contributed by atoms with Crippen molar-refractivity contribution < 1.29 is 9.53 Å². The van der Waals surface area contributed by atoms with Crippen molar-refractivity contribution in [2.45, 2.75) is 6.92 Å². The van der Waals surface area contributed by atoms with Gasteiger partial charge in [-0.3, -0.25) is 5.43 Å². The van der Waals surface area contributed by atoms with Crippen molar-refractivity contribution in [1.29, 1.82) is 5.26 Å². The van der Waals surface area contributed by atoms with Crippen LogP contribution in [0.1, 0.15) is 6.92 Å². The highest BCUT2D eigenvalue weighted by Crippen LogP contribution is 2.14. The van der Waals surface area contributed by atoms with Gasteiger partial charge in [0.2, 0.25) is 0 Å². The van der Waals surface area contributed by atoms with Gasteiger partial charge < -0.3 is 4.74 Å². The van der Waals surface area contributed by atoms with E-state index in [2.05, 4.69) is 15.6 Å². The average Bonchev–Trinajstić information content (AvgIpc) is 2.97. The van der Waals surface area contributed by atoms with Gasteiger partial charge in [0.05, 0.1) is 6.61 Å². The van der Waals surface area contributed by atoms with Crippen LogP contribution >= 0.6 is 0 Å². The van der Waals surface area contributed by atoms with E-state index in [0.717, 1.165) is 5.56 Å². The Bertz CT molecular complexity index is 685. The minimum Gasteiger partial charge on any atom is -0.462 e. The first kappa shape index (κ1) is 14.3. The Morgan fingerprint density at radius 2 is 2.24 bits per heavy atom. The Morgan fingerprint density at radius 1 is 1.48 bits per heavy atom. The van der Waals surface area contributed by atoms with E-state index in [1.54, 1.807) is 13.0 Å². The van der Waals surface area contributed by atoms with Crippen molar-refractivity contribution in [3.8, 4) is 17.5 Å². The third-order valence-electron chi connectivity index (χ3n) is 2.54. The number of hydrogen-bond donors (Lipinski definition) is 1. The molecule has 7 heteroatoms. The maximum absolute atomic E-state index is 11.5. The lowest BCUT2D eigenvalue weighted by molar-refractivity contribution is -0.138. The van der Waals surface area contributed by atoms with Crippen LogP contribution in [-0.4, -0.2) is 27.4 Å². The molecule has 0 unspecified atom stereocenters. The van der Waals surface area contributed by atoms with Crippen molar-refractivity contribution in [3.05, 3.63) is 48.4 Å². The first-order valence-corrected chi connectivity index (χ1v) is 6.25. The molecule has 7 nitrogen and oxygen atoms in total. The van der Waals surface area contributed by atoms with E-state index < -0.39 is 5.97 Å². The molecule has 1 aromatic carbocycles. The van der Waals surface area contributed by atoms with Gasteiger partial charge in [-0.15, -0.1) is 10.2 Å². The molecule has 0 radical (unpaired) electrons. The average molecular weight is 283 g/mol. The van der Waals surface area contributed by atoms with E-state index in [1.807, 2.05) is 30.3 Å². The smallest absolute Gasteiger partial charge is 0.350 e. The van der Waals surface area contributed by atoms with Crippen LogP contribution in [0.25, 0.3) is 11.4 Å². The summed E-state index contributed by atoms with van der Waals surface area (Å²) in [5, 5.41) is 16.7. The van der Waals surface area contributed by atoms with E-state index >= 15 is 0 Å². The van der Waals surface area contributed by atoms with Gasteiger partial charge in [-0.1, -0.05) is 30.3 Å². The number of carbonyl (C=O) groups is 1. The summed E-state index contributed by atoms with van der Waals surface area (Å²) >= 11 is 0. The number of esters is 1. The standard InChI is InChI=1S/C14H13N5O2/c1-2-21-14(20)12(8-15)9-17-19-10-16-18-13(19)11-6-4-3-5-7-11/h3-7,9-10,17H,2H2,1H3/b12-9+. The second kappa shape index (κ2) is 6.86. The molecule has 2 rings (SSSR count). The van der Waals surface area contributed by atoms with Crippen molar-refractivity contribution >= 4 is 5.97 Å². The summed E-state index contributed by atoms with van der Waals surface area (Å²) in [5.74, 6) is -0.116. The molecule has 0 bridgehead atoms. The monoisotopic (exact) mass is 283 g/mol. The molecular weight excluding hydrogens is 270 g/mol. The molecule has 0 amide bonds. The molecule has 1 N–H and O–H groups in total. The molecule has 1 heterocycles. The highest BCUT2D eigenvalue weighted by atomic mass is 16.5. The SMILES string of the molecule is CCOC(=O)/C(C#N)=C/Nn1cnnc1-c1ccccc1. The van der Waals surface area contributed by atoms with Crippen molar-refractivity contribution in [2.75, 3.05) is 12.0 Å². The summed E-state index contributed by atoms with van der Waals surface area (Å²) in [5.41, 5.74) is 3.51. The molecule has 0 saturated carbocycles. The van der Waals surface area contributed by atoms with Crippen LogP contribution < -0.4 is 5.43 Å². The van der Waals surface area contributed by atoms with Crippen LogP contribution in [0, 0.1) is 11.3 Å². The number of rotatable bonds is 5. The molecule has 0 aliphatic heterocycles. The van der Waals surface area contributed by atoms with Gasteiger partial charge in [-0.2, -0.15) is 5.26 Å². The first-order valence-electron chi connectivity index (χ1n) is 6.25. The van der Waals surface area contributed by atoms with E-state index in [1.165, 1.54) is 17.2 Å². The van der Waals surface area contributed by atoms with Crippen LogP contribution in [0.4, 0.5) is 0 Å². The van der Waals surface area contributed by atoms with Crippen molar-refractivity contribution in [2.24, 2.45) is 0 Å². The Hall–Kier alpha value is -3.14. The number of nitrogens with zero attached hydrogens (tertiary/aromatic N) is 4. The lowest BCUT2D eigenvalue weighted by atomic mass is 10.2. The first-order chi connectivity index (χ1) is 10.3. The number of ether oxygens (including phenoxy) is 1. The van der Waals surface area contributed by atoms with Gasteiger partial charge in [0.1, 0.15) is 12.4 Å². The predicted octanol–water partition coefficient (Wildman–Crippen LogP) is 1.46. The molecule has 0 aliphatic rings. The molecule has 0 saturated heterocycles. The van der Waals surface area contributed by atoms with Crippen LogP contribution in [0.2, 0.25) is 0 Å². The molecule has 0 aliphatic carbocycles. The van der Waals surface area contributed by atoms with Gasteiger partial charge in [0.25, 0.3) is 0 Å². The van der Waals surface area contributed by atoms with Gasteiger partial charge in [0, 0.05) is 11.8 Å². The summed E-state index contributed by atoms with van der Waals surface area (Å²) in [4.78, 5) is 11.5. The van der Waals surface area contributed by atoms with Gasteiger partial charge >= 0.3 is 5.97 Å². The lowest BCUT2D eigenvalue weighted by Gasteiger charge is -2.06. The Labute approximate surface area is 121 Å². The molecule has 0 fully saturated rings. The maximum Gasteiger partial charge on any atom is 0.350 e. The lowest BCUT2D eigenvalue weighted by Crippen LogP contribution is -2.13. The highest BCUT2D eigenvalue weighted by molar-refractivity contribution is 5.92. The minimum absolute atomic E-state index is 0.135. The van der Waals surface area contributed by atoms with E-state index in [9.17, 15) is 4.79 Å². The molecule has 0 spiro atoms. The molecule has 106 valence electrons. The highest BCUT2D eigenvalue weighted by Gasteiger charge is 2.10. The maximum atomic E-state index is 11.5. The molecule has 2 aromatic rings. The Balaban J connectivity index is 2.20. The molecule has 1 aromatic heterocycles. The van der Waals surface area contributed by atoms with Crippen LogP contribution in [-0.2, 0) is 9.53 Å². The quantitative estimate of drug-likeness (QED) is 0.507. The minimum atomic E-state index is -0.679. The van der Waals surface area contributed by atoms with Crippen molar-refractivity contribution in [1.82, 2.24) is 14.9 Å². The third kappa shape index (κ3) is 3.45. The van der Waals surface area contributed by atoms with Crippen molar-refractivity contribution in [3.63, 3.8) is 0 Å². The number of nitriles is 1. The zero-order valence-electron chi connectivity index (χ0n) is 11.4. The number of hydrogen-bond acceptors (Lipinski definition) is 6. The Morgan fingerprint density at radius 3 is 2.90 bits per heavy atom. The third-order valence-corrected chi connectivity index (χ3v) is 2.54. The van der Waals surface area contributed by atoms with Gasteiger partial charge in [-0.25, -0.2) is 9.47 Å². The summed E-state index contributed by atoms with van der Waals surface area (Å²) < 4.78 is 6.28. The fraction of sp³-hybridized carbons (Fsp3) is 0.143. The molecular formula is C14H13N5O2. The number of benzene rings is 1. The van der Waals surface area contributed by atoms with Gasteiger partial charge in [0.15, 0.2) is 11.4 Å². The summed E-state index contributed by atoms with van der Waals surface area (Å²) in [6.45, 7) is 1.88. The van der Waals surface area contributed by atoms with E-state index in [-0.39, 0.29) is 12.2 Å². The summed E-state index contributed by atoms with van der Waals surface area (Å²) in [6.07, 6.45) is 2.70. The fourth-order valence-corrected chi connectivity index (χ4v) is 1.59. The second-order valence-corrected chi connectivity index (χ2v) is 3.91. The number of aromatic nitrogens is 3. The van der Waals surface area contributed by atoms with Crippen LogP contribution in [0.15, 0.2) is 48.4 Å². The number of carbonyl (C=O) groups excluding carboxylic acids is 1.